The number of nitrogens with zero attached hydrogens (tertiary/aromatic N) is 1. The fraction of sp³-hybridized carbons (Fsp3) is 0.615. The molecule has 4 nitrogen and oxygen atoms in total. The molecule has 0 aliphatic rings. The highest BCUT2D eigenvalue weighted by Gasteiger charge is 2.13. The van der Waals surface area contributed by atoms with Crippen molar-refractivity contribution in [2.45, 2.75) is 26.2 Å². The van der Waals surface area contributed by atoms with Gasteiger partial charge in [0, 0.05) is 19.3 Å². The highest BCUT2D eigenvalue weighted by molar-refractivity contribution is 5.36. The van der Waals surface area contributed by atoms with E-state index in [1.54, 1.807) is 0 Å². The summed E-state index contributed by atoms with van der Waals surface area (Å²) in [6.07, 6.45) is 1.92. The van der Waals surface area contributed by atoms with Crippen LogP contribution in [0.15, 0.2) is 18.3 Å². The summed E-state index contributed by atoms with van der Waals surface area (Å²) in [4.78, 5) is 4.37. The monoisotopic (exact) mass is 237 g/mol. The van der Waals surface area contributed by atoms with Gasteiger partial charge in [0.25, 0.3) is 0 Å². The molecule has 17 heavy (non-hydrogen) atoms. The molecule has 0 aliphatic carbocycles. The molecule has 1 aromatic rings. The van der Waals surface area contributed by atoms with Crippen LogP contribution in [0.4, 0.5) is 5.82 Å². The lowest BCUT2D eigenvalue weighted by Crippen LogP contribution is -2.15. The SMILES string of the molecule is CC(C)(C)c1ccc(NCCOCCN)nc1. The van der Waals surface area contributed by atoms with E-state index in [9.17, 15) is 0 Å². The fourth-order valence-corrected chi connectivity index (χ4v) is 1.38. The second kappa shape index (κ2) is 6.57. The number of aromatic nitrogens is 1. The van der Waals surface area contributed by atoms with Crippen LogP contribution in [0.2, 0.25) is 0 Å². The van der Waals surface area contributed by atoms with Crippen LogP contribution in [-0.4, -0.2) is 31.3 Å². The highest BCUT2D eigenvalue weighted by Crippen LogP contribution is 2.21. The van der Waals surface area contributed by atoms with Gasteiger partial charge >= 0.3 is 0 Å². The van der Waals surface area contributed by atoms with Crippen molar-refractivity contribution in [3.63, 3.8) is 0 Å². The van der Waals surface area contributed by atoms with E-state index in [0.717, 1.165) is 12.4 Å². The zero-order chi connectivity index (χ0) is 12.7. The Hall–Kier alpha value is -1.13. The summed E-state index contributed by atoms with van der Waals surface area (Å²) >= 11 is 0. The first kappa shape index (κ1) is 13.9. The Morgan fingerprint density at radius 2 is 2.06 bits per heavy atom. The van der Waals surface area contributed by atoms with E-state index >= 15 is 0 Å². The molecule has 0 aliphatic heterocycles. The number of nitrogens with one attached hydrogen (secondary N) is 1. The number of hydrogen-bond donors (Lipinski definition) is 2. The van der Waals surface area contributed by atoms with Crippen LogP contribution in [0.25, 0.3) is 0 Å². The van der Waals surface area contributed by atoms with Crippen molar-refractivity contribution in [1.82, 2.24) is 4.98 Å². The van der Waals surface area contributed by atoms with Crippen molar-refractivity contribution in [2.75, 3.05) is 31.6 Å². The van der Waals surface area contributed by atoms with Crippen molar-refractivity contribution in [2.24, 2.45) is 5.73 Å². The number of ether oxygens (including phenoxy) is 1. The molecule has 0 bridgehead atoms. The van der Waals surface area contributed by atoms with Gasteiger partial charge in [0.2, 0.25) is 0 Å². The average Bonchev–Trinajstić information content (AvgIpc) is 2.28. The van der Waals surface area contributed by atoms with Crippen LogP contribution in [0.5, 0.6) is 0 Å². The minimum absolute atomic E-state index is 0.149. The van der Waals surface area contributed by atoms with E-state index in [4.69, 9.17) is 10.5 Å². The van der Waals surface area contributed by atoms with Gasteiger partial charge in [0.1, 0.15) is 5.82 Å². The van der Waals surface area contributed by atoms with Crippen molar-refractivity contribution >= 4 is 5.82 Å². The summed E-state index contributed by atoms with van der Waals surface area (Å²) < 4.78 is 5.27. The number of hydrogen-bond acceptors (Lipinski definition) is 4. The Morgan fingerprint density at radius 1 is 1.29 bits per heavy atom. The highest BCUT2D eigenvalue weighted by atomic mass is 16.5. The summed E-state index contributed by atoms with van der Waals surface area (Å²) in [5, 5.41) is 3.21. The lowest BCUT2D eigenvalue weighted by Gasteiger charge is -2.18. The quantitative estimate of drug-likeness (QED) is 0.740. The van der Waals surface area contributed by atoms with Gasteiger partial charge in [-0.25, -0.2) is 4.98 Å². The van der Waals surface area contributed by atoms with Gasteiger partial charge in [0.05, 0.1) is 13.2 Å². The zero-order valence-electron chi connectivity index (χ0n) is 11.0. The van der Waals surface area contributed by atoms with Gasteiger partial charge in [-0.3, -0.25) is 0 Å². The van der Waals surface area contributed by atoms with Crippen molar-refractivity contribution < 1.29 is 4.74 Å². The Balaban J connectivity index is 2.36. The Bertz CT molecular complexity index is 316. The first-order valence-corrected chi connectivity index (χ1v) is 6.02. The van der Waals surface area contributed by atoms with Gasteiger partial charge < -0.3 is 15.8 Å². The molecule has 0 amide bonds. The second-order valence-electron chi connectivity index (χ2n) is 5.01. The summed E-state index contributed by atoms with van der Waals surface area (Å²) in [5.41, 5.74) is 6.71. The maximum absolute atomic E-state index is 5.32. The first-order chi connectivity index (χ1) is 8.04. The Kier molecular flexibility index (Phi) is 5.38. The molecule has 96 valence electrons. The van der Waals surface area contributed by atoms with Crippen LogP contribution in [0, 0.1) is 0 Å². The largest absolute Gasteiger partial charge is 0.378 e. The molecular formula is C13H23N3O. The van der Waals surface area contributed by atoms with E-state index in [-0.39, 0.29) is 5.41 Å². The predicted molar refractivity (Wildman–Crippen MR) is 71.3 cm³/mol. The molecule has 0 saturated heterocycles. The molecule has 0 saturated carbocycles. The third kappa shape index (κ3) is 5.15. The van der Waals surface area contributed by atoms with Crippen LogP contribution in [0.3, 0.4) is 0 Å². The summed E-state index contributed by atoms with van der Waals surface area (Å²) in [7, 11) is 0. The van der Waals surface area contributed by atoms with E-state index in [1.807, 2.05) is 12.3 Å². The van der Waals surface area contributed by atoms with E-state index in [1.165, 1.54) is 5.56 Å². The number of nitrogens with two attached hydrogens (primary N) is 1. The zero-order valence-corrected chi connectivity index (χ0v) is 11.0. The molecule has 1 heterocycles. The maximum atomic E-state index is 5.32. The predicted octanol–water partition coefficient (Wildman–Crippen LogP) is 1.77. The number of pyridine rings is 1. The lowest BCUT2D eigenvalue weighted by molar-refractivity contribution is 0.151. The summed E-state index contributed by atoms with van der Waals surface area (Å²) in [5.74, 6) is 0.884. The van der Waals surface area contributed by atoms with Crippen LogP contribution < -0.4 is 11.1 Å². The first-order valence-electron chi connectivity index (χ1n) is 6.02. The molecule has 0 spiro atoms. The second-order valence-corrected chi connectivity index (χ2v) is 5.01. The average molecular weight is 237 g/mol. The van der Waals surface area contributed by atoms with Gasteiger partial charge in [-0.05, 0) is 17.0 Å². The summed E-state index contributed by atoms with van der Waals surface area (Å²) in [6.45, 7) is 9.12. The molecule has 1 rings (SSSR count). The maximum Gasteiger partial charge on any atom is 0.125 e. The van der Waals surface area contributed by atoms with Crippen molar-refractivity contribution in [3.8, 4) is 0 Å². The molecule has 1 aromatic heterocycles. The molecule has 0 radical (unpaired) electrons. The topological polar surface area (TPSA) is 60.2 Å². The van der Waals surface area contributed by atoms with E-state index in [0.29, 0.717) is 19.8 Å². The molecule has 4 heteroatoms. The summed E-state index contributed by atoms with van der Waals surface area (Å²) in [6, 6.07) is 4.11. The van der Waals surface area contributed by atoms with E-state index < -0.39 is 0 Å². The molecule has 0 fully saturated rings. The smallest absolute Gasteiger partial charge is 0.125 e. The molecular weight excluding hydrogens is 214 g/mol. The Morgan fingerprint density at radius 3 is 2.59 bits per heavy atom. The van der Waals surface area contributed by atoms with Crippen LogP contribution in [-0.2, 0) is 10.2 Å². The number of anilines is 1. The molecule has 0 unspecified atom stereocenters. The van der Waals surface area contributed by atoms with Crippen molar-refractivity contribution in [3.05, 3.63) is 23.9 Å². The number of rotatable bonds is 6. The molecule has 0 aromatic carbocycles. The third-order valence-corrected chi connectivity index (χ3v) is 2.44. The van der Waals surface area contributed by atoms with Gasteiger partial charge in [-0.1, -0.05) is 26.8 Å². The third-order valence-electron chi connectivity index (χ3n) is 2.44. The van der Waals surface area contributed by atoms with Crippen LogP contribution in [0.1, 0.15) is 26.3 Å². The van der Waals surface area contributed by atoms with Gasteiger partial charge in [0.15, 0.2) is 0 Å². The van der Waals surface area contributed by atoms with E-state index in [2.05, 4.69) is 37.1 Å². The van der Waals surface area contributed by atoms with Crippen molar-refractivity contribution in [1.29, 1.82) is 0 Å². The van der Waals surface area contributed by atoms with Gasteiger partial charge in [-0.15, -0.1) is 0 Å². The normalized spacial score (nSPS) is 11.5. The Labute approximate surface area is 104 Å². The standard InChI is InChI=1S/C13H23N3O/c1-13(2,3)11-4-5-12(16-10-11)15-7-9-17-8-6-14/h4-5,10H,6-9,14H2,1-3H3,(H,15,16). The van der Waals surface area contributed by atoms with Crippen LogP contribution >= 0.6 is 0 Å². The van der Waals surface area contributed by atoms with Gasteiger partial charge in [-0.2, -0.15) is 0 Å². The minimum atomic E-state index is 0.149. The molecule has 0 atom stereocenters. The fourth-order valence-electron chi connectivity index (χ4n) is 1.38. The minimum Gasteiger partial charge on any atom is -0.378 e. The molecule has 3 N–H and O–H groups in total. The lowest BCUT2D eigenvalue weighted by atomic mass is 9.88.